The molecule has 1 N–H and O–H groups in total. The lowest BCUT2D eigenvalue weighted by atomic mass is 10.0. The number of amides is 1. The predicted molar refractivity (Wildman–Crippen MR) is 103 cm³/mol. The molecule has 3 aromatic rings. The Kier molecular flexibility index (Phi) is 5.16. The Bertz CT molecular complexity index is 1010. The molecule has 0 atom stereocenters. The molecule has 0 radical (unpaired) electrons. The Hall–Kier alpha value is -2.95. The Morgan fingerprint density at radius 2 is 1.92 bits per heavy atom. The molecule has 1 heterocycles. The van der Waals surface area contributed by atoms with E-state index in [0.29, 0.717) is 29.6 Å². The number of fused-ring (bicyclic) bond motifs is 1. The molecular weight excluding hydrogens is 326 g/mol. The van der Waals surface area contributed by atoms with E-state index >= 15 is 0 Å². The summed E-state index contributed by atoms with van der Waals surface area (Å²) >= 11 is 0. The van der Waals surface area contributed by atoms with Crippen LogP contribution in [0.1, 0.15) is 28.9 Å². The van der Waals surface area contributed by atoms with Crippen molar-refractivity contribution in [2.24, 2.45) is 0 Å². The van der Waals surface area contributed by atoms with Crippen molar-refractivity contribution in [2.75, 3.05) is 7.05 Å². The molecule has 1 aromatic heterocycles. The number of aromatic amines is 1. The lowest BCUT2D eigenvalue weighted by molar-refractivity contribution is -0.130. The van der Waals surface area contributed by atoms with Gasteiger partial charge in [0.1, 0.15) is 5.82 Å². The lowest BCUT2D eigenvalue weighted by Gasteiger charge is -2.17. The van der Waals surface area contributed by atoms with E-state index in [2.05, 4.69) is 42.0 Å². The van der Waals surface area contributed by atoms with Crippen LogP contribution in [0.15, 0.2) is 47.3 Å². The number of hydrogen-bond donors (Lipinski definition) is 1. The molecule has 5 heteroatoms. The highest BCUT2D eigenvalue weighted by Gasteiger charge is 2.12. The van der Waals surface area contributed by atoms with Gasteiger partial charge in [0, 0.05) is 13.5 Å². The van der Waals surface area contributed by atoms with Crippen LogP contribution < -0.4 is 5.56 Å². The second kappa shape index (κ2) is 7.52. The van der Waals surface area contributed by atoms with Gasteiger partial charge in [-0.15, -0.1) is 0 Å². The van der Waals surface area contributed by atoms with Crippen LogP contribution in [0.2, 0.25) is 0 Å². The highest BCUT2D eigenvalue weighted by molar-refractivity contribution is 5.78. The number of benzene rings is 2. The van der Waals surface area contributed by atoms with Crippen LogP contribution in [0.25, 0.3) is 10.9 Å². The van der Waals surface area contributed by atoms with Crippen LogP contribution in [0, 0.1) is 13.8 Å². The molecule has 0 unspecified atom stereocenters. The Balaban J connectivity index is 1.66. The molecule has 0 bridgehead atoms. The van der Waals surface area contributed by atoms with Crippen LogP contribution in [-0.4, -0.2) is 27.8 Å². The first-order chi connectivity index (χ1) is 12.4. The van der Waals surface area contributed by atoms with Crippen LogP contribution in [0.4, 0.5) is 0 Å². The van der Waals surface area contributed by atoms with Gasteiger partial charge in [0.15, 0.2) is 0 Å². The number of carbonyl (C=O) groups excluding carboxylic acids is 1. The van der Waals surface area contributed by atoms with E-state index in [1.165, 1.54) is 16.7 Å². The Morgan fingerprint density at radius 3 is 2.69 bits per heavy atom. The molecule has 5 nitrogen and oxygen atoms in total. The molecule has 0 fully saturated rings. The third kappa shape index (κ3) is 3.99. The highest BCUT2D eigenvalue weighted by Crippen LogP contribution is 2.13. The first-order valence-corrected chi connectivity index (χ1v) is 8.72. The summed E-state index contributed by atoms with van der Waals surface area (Å²) in [6.45, 7) is 4.42. The second-order valence-corrected chi connectivity index (χ2v) is 6.71. The summed E-state index contributed by atoms with van der Waals surface area (Å²) in [6, 6.07) is 13.5. The standard InChI is InChI=1S/C21H23N3O2/c1-14-8-9-16(15(2)12-14)10-11-20(25)24(3)13-19-22-18-7-5-4-6-17(18)21(26)23-19/h4-9,12H,10-11,13H2,1-3H3,(H,22,23,26). The smallest absolute Gasteiger partial charge is 0.258 e. The summed E-state index contributed by atoms with van der Waals surface area (Å²) in [4.78, 5) is 33.4. The zero-order valence-electron chi connectivity index (χ0n) is 15.4. The Labute approximate surface area is 152 Å². The van der Waals surface area contributed by atoms with Crippen molar-refractivity contribution in [3.8, 4) is 0 Å². The van der Waals surface area contributed by atoms with Crippen molar-refractivity contribution in [3.05, 3.63) is 75.3 Å². The van der Waals surface area contributed by atoms with E-state index in [4.69, 9.17) is 0 Å². The van der Waals surface area contributed by atoms with E-state index in [1.807, 2.05) is 12.1 Å². The molecule has 0 aliphatic rings. The summed E-state index contributed by atoms with van der Waals surface area (Å²) in [5.74, 6) is 0.525. The minimum Gasteiger partial charge on any atom is -0.338 e. The topological polar surface area (TPSA) is 66.1 Å². The molecule has 0 aliphatic carbocycles. The summed E-state index contributed by atoms with van der Waals surface area (Å²) < 4.78 is 0. The zero-order chi connectivity index (χ0) is 18.7. The van der Waals surface area contributed by atoms with Gasteiger partial charge in [0.05, 0.1) is 17.4 Å². The summed E-state index contributed by atoms with van der Waals surface area (Å²) in [5.41, 5.74) is 4.08. The van der Waals surface area contributed by atoms with E-state index in [1.54, 1.807) is 24.1 Å². The monoisotopic (exact) mass is 349 g/mol. The maximum atomic E-state index is 12.5. The van der Waals surface area contributed by atoms with Crippen LogP contribution >= 0.6 is 0 Å². The average Bonchev–Trinajstić information content (AvgIpc) is 2.60. The van der Waals surface area contributed by atoms with Crippen molar-refractivity contribution < 1.29 is 4.79 Å². The van der Waals surface area contributed by atoms with Crippen LogP contribution in [0.5, 0.6) is 0 Å². The fourth-order valence-corrected chi connectivity index (χ4v) is 3.08. The van der Waals surface area contributed by atoms with Gasteiger partial charge in [-0.25, -0.2) is 4.98 Å². The lowest BCUT2D eigenvalue weighted by Crippen LogP contribution is -2.28. The molecule has 0 saturated carbocycles. The molecule has 134 valence electrons. The summed E-state index contributed by atoms with van der Waals surface area (Å²) in [5, 5.41) is 0.556. The van der Waals surface area contributed by atoms with Crippen LogP contribution in [-0.2, 0) is 17.8 Å². The molecule has 26 heavy (non-hydrogen) atoms. The number of nitrogens with zero attached hydrogens (tertiary/aromatic N) is 2. The van der Waals surface area contributed by atoms with E-state index < -0.39 is 0 Å². The quantitative estimate of drug-likeness (QED) is 0.769. The molecule has 0 aliphatic heterocycles. The van der Waals surface area contributed by atoms with Gasteiger partial charge in [-0.1, -0.05) is 35.9 Å². The van der Waals surface area contributed by atoms with E-state index in [-0.39, 0.29) is 18.0 Å². The average molecular weight is 349 g/mol. The predicted octanol–water partition coefficient (Wildman–Crippen LogP) is 3.13. The number of carbonyl (C=O) groups is 1. The molecule has 2 aromatic carbocycles. The number of aromatic nitrogens is 2. The van der Waals surface area contributed by atoms with Crippen LogP contribution in [0.3, 0.4) is 0 Å². The van der Waals surface area contributed by atoms with Crippen molar-refractivity contribution in [1.29, 1.82) is 0 Å². The summed E-state index contributed by atoms with van der Waals surface area (Å²) in [6.07, 6.45) is 1.13. The van der Waals surface area contributed by atoms with E-state index in [0.717, 1.165) is 0 Å². The zero-order valence-corrected chi connectivity index (χ0v) is 15.4. The van der Waals surface area contributed by atoms with Gasteiger partial charge >= 0.3 is 0 Å². The second-order valence-electron chi connectivity index (χ2n) is 6.71. The van der Waals surface area contributed by atoms with Gasteiger partial charge in [-0.3, -0.25) is 9.59 Å². The highest BCUT2D eigenvalue weighted by atomic mass is 16.2. The third-order valence-electron chi connectivity index (χ3n) is 4.58. The summed E-state index contributed by atoms with van der Waals surface area (Å²) in [7, 11) is 1.74. The molecule has 3 rings (SSSR count). The number of aryl methyl sites for hydroxylation is 3. The fraction of sp³-hybridized carbons (Fsp3) is 0.286. The largest absolute Gasteiger partial charge is 0.338 e. The molecular formula is C21H23N3O2. The van der Waals surface area contributed by atoms with Gasteiger partial charge in [0.2, 0.25) is 5.91 Å². The van der Waals surface area contributed by atoms with E-state index in [9.17, 15) is 9.59 Å². The van der Waals surface area contributed by atoms with Gasteiger partial charge in [0.25, 0.3) is 5.56 Å². The van der Waals surface area contributed by atoms with Crippen molar-refractivity contribution in [1.82, 2.24) is 14.9 Å². The molecule has 0 saturated heterocycles. The van der Waals surface area contributed by atoms with Crippen molar-refractivity contribution >= 4 is 16.8 Å². The normalized spacial score (nSPS) is 10.9. The SMILES string of the molecule is Cc1ccc(CCC(=O)N(C)Cc2nc3ccccc3c(=O)[nH]2)c(C)c1. The third-order valence-corrected chi connectivity index (χ3v) is 4.58. The van der Waals surface area contributed by atoms with Gasteiger partial charge in [-0.2, -0.15) is 0 Å². The number of nitrogens with one attached hydrogen (secondary N) is 1. The first kappa shape index (κ1) is 17.9. The van der Waals surface area contributed by atoms with Crippen molar-refractivity contribution in [3.63, 3.8) is 0 Å². The van der Waals surface area contributed by atoms with Crippen molar-refractivity contribution in [2.45, 2.75) is 33.2 Å². The minimum atomic E-state index is -0.179. The number of rotatable bonds is 5. The number of H-pyrrole nitrogens is 1. The fourth-order valence-electron chi connectivity index (χ4n) is 3.08. The van der Waals surface area contributed by atoms with Gasteiger partial charge in [-0.05, 0) is 43.5 Å². The minimum absolute atomic E-state index is 0.0285. The first-order valence-electron chi connectivity index (χ1n) is 8.72. The maximum absolute atomic E-state index is 12.5. The number of para-hydroxylation sites is 1. The number of hydrogen-bond acceptors (Lipinski definition) is 3. The Morgan fingerprint density at radius 1 is 1.15 bits per heavy atom. The molecule has 1 amide bonds. The maximum Gasteiger partial charge on any atom is 0.258 e. The van der Waals surface area contributed by atoms with Gasteiger partial charge < -0.3 is 9.88 Å². The molecule has 0 spiro atoms.